The first-order chi connectivity index (χ1) is 20.0. The molecular weight excluding hydrogens is 546 g/mol. The van der Waals surface area contributed by atoms with Crippen molar-refractivity contribution < 1.29 is 23.5 Å². The number of aryl methyl sites for hydroxylation is 1. The SMILES string of the molecule is CN(C)c1ccc2c(c1)c(=O)n(-c1cccc3c(C[C@H](NC(=O)c4c(F)cccc4F)C(=O)O)cccc13)c(=O)n2C. The van der Waals surface area contributed by atoms with Crippen molar-refractivity contribution >= 4 is 39.2 Å². The van der Waals surface area contributed by atoms with Gasteiger partial charge < -0.3 is 15.3 Å². The molecule has 0 radical (unpaired) electrons. The van der Waals surface area contributed by atoms with Crippen molar-refractivity contribution in [3.8, 4) is 5.69 Å². The smallest absolute Gasteiger partial charge is 0.335 e. The largest absolute Gasteiger partial charge is 0.480 e. The van der Waals surface area contributed by atoms with E-state index in [1.165, 1.54) is 4.57 Å². The first kappa shape index (κ1) is 28.2. The van der Waals surface area contributed by atoms with Crippen LogP contribution >= 0.6 is 0 Å². The third kappa shape index (κ3) is 4.89. The van der Waals surface area contributed by atoms with E-state index in [1.807, 2.05) is 25.1 Å². The molecule has 1 heterocycles. The van der Waals surface area contributed by atoms with Gasteiger partial charge in [-0.15, -0.1) is 0 Å². The average Bonchev–Trinajstić information content (AvgIpc) is 2.95. The number of aliphatic carboxylic acids is 1. The number of hydrogen-bond donors (Lipinski definition) is 2. The zero-order valence-electron chi connectivity index (χ0n) is 22.9. The van der Waals surface area contributed by atoms with E-state index in [2.05, 4.69) is 5.32 Å². The van der Waals surface area contributed by atoms with Gasteiger partial charge >= 0.3 is 11.7 Å². The molecule has 5 rings (SSSR count). The number of anilines is 1. The molecule has 42 heavy (non-hydrogen) atoms. The average molecular weight is 573 g/mol. The van der Waals surface area contributed by atoms with Crippen molar-refractivity contribution in [1.29, 1.82) is 0 Å². The molecule has 0 bridgehead atoms. The fourth-order valence-electron chi connectivity index (χ4n) is 5.04. The van der Waals surface area contributed by atoms with Gasteiger partial charge in [0, 0.05) is 38.6 Å². The predicted molar refractivity (Wildman–Crippen MR) is 156 cm³/mol. The van der Waals surface area contributed by atoms with Crippen LogP contribution in [0.1, 0.15) is 15.9 Å². The van der Waals surface area contributed by atoms with Gasteiger partial charge in [0.25, 0.3) is 11.5 Å². The molecule has 1 atom stereocenters. The quantitative estimate of drug-likeness (QED) is 0.308. The summed E-state index contributed by atoms with van der Waals surface area (Å²) >= 11 is 0. The number of carbonyl (C=O) groups is 2. The van der Waals surface area contributed by atoms with Crippen molar-refractivity contribution in [3.63, 3.8) is 0 Å². The summed E-state index contributed by atoms with van der Waals surface area (Å²) in [7, 11) is 5.26. The molecular formula is C31H26F2N4O5. The molecule has 0 aliphatic heterocycles. The Hall–Kier alpha value is -5.32. The lowest BCUT2D eigenvalue weighted by molar-refractivity contribution is -0.139. The van der Waals surface area contributed by atoms with E-state index >= 15 is 0 Å². The van der Waals surface area contributed by atoms with E-state index in [0.29, 0.717) is 32.9 Å². The molecule has 4 aromatic carbocycles. The molecule has 0 saturated carbocycles. The Bertz CT molecular complexity index is 2000. The van der Waals surface area contributed by atoms with Gasteiger partial charge in [0.1, 0.15) is 23.2 Å². The van der Waals surface area contributed by atoms with Gasteiger partial charge in [-0.2, -0.15) is 0 Å². The summed E-state index contributed by atoms with van der Waals surface area (Å²) in [6.07, 6.45) is -0.241. The number of nitrogens with zero attached hydrogens (tertiary/aromatic N) is 3. The summed E-state index contributed by atoms with van der Waals surface area (Å²) < 4.78 is 30.7. The number of carbonyl (C=O) groups excluding carboxylic acids is 1. The molecule has 0 aliphatic rings. The monoisotopic (exact) mass is 572 g/mol. The number of rotatable bonds is 7. The molecule has 0 aliphatic carbocycles. The molecule has 1 amide bonds. The van der Waals surface area contributed by atoms with Crippen LogP contribution in [-0.4, -0.2) is 46.3 Å². The van der Waals surface area contributed by atoms with Gasteiger partial charge in [-0.3, -0.25) is 14.2 Å². The Balaban J connectivity index is 1.61. The van der Waals surface area contributed by atoms with Crippen LogP contribution in [0.25, 0.3) is 27.4 Å². The lowest BCUT2D eigenvalue weighted by atomic mass is 9.97. The van der Waals surface area contributed by atoms with Gasteiger partial charge in [-0.25, -0.2) is 22.9 Å². The van der Waals surface area contributed by atoms with E-state index in [4.69, 9.17) is 0 Å². The van der Waals surface area contributed by atoms with Crippen LogP contribution < -0.4 is 21.5 Å². The first-order valence-corrected chi connectivity index (χ1v) is 12.9. The van der Waals surface area contributed by atoms with Crippen LogP contribution in [0, 0.1) is 11.6 Å². The summed E-state index contributed by atoms with van der Waals surface area (Å²) in [6, 6.07) is 16.5. The zero-order valence-corrected chi connectivity index (χ0v) is 22.9. The maximum Gasteiger partial charge on any atom is 0.335 e. The summed E-state index contributed by atoms with van der Waals surface area (Å²) in [5, 5.41) is 13.4. The molecule has 0 fully saturated rings. The van der Waals surface area contributed by atoms with E-state index in [1.54, 1.807) is 55.6 Å². The summed E-state index contributed by atoms with van der Waals surface area (Å²) in [4.78, 5) is 53.8. The number of carboxylic acids is 1. The Morgan fingerprint density at radius 2 is 1.55 bits per heavy atom. The van der Waals surface area contributed by atoms with Crippen molar-refractivity contribution in [1.82, 2.24) is 14.5 Å². The Kier molecular flexibility index (Phi) is 7.34. The van der Waals surface area contributed by atoms with Crippen molar-refractivity contribution in [2.75, 3.05) is 19.0 Å². The Morgan fingerprint density at radius 1 is 0.905 bits per heavy atom. The molecule has 11 heteroatoms. The summed E-state index contributed by atoms with van der Waals surface area (Å²) in [6.45, 7) is 0. The maximum atomic E-state index is 14.1. The number of hydrogen-bond acceptors (Lipinski definition) is 5. The topological polar surface area (TPSA) is 114 Å². The van der Waals surface area contributed by atoms with Gasteiger partial charge in [-0.05, 0) is 47.3 Å². The minimum absolute atomic E-state index is 0.241. The van der Waals surface area contributed by atoms with Crippen molar-refractivity contribution in [3.05, 3.63) is 116 Å². The van der Waals surface area contributed by atoms with Gasteiger partial charge in [-0.1, -0.05) is 36.4 Å². The van der Waals surface area contributed by atoms with E-state index < -0.39 is 46.4 Å². The zero-order chi connectivity index (χ0) is 30.3. The van der Waals surface area contributed by atoms with Gasteiger partial charge in [0.05, 0.1) is 16.6 Å². The van der Waals surface area contributed by atoms with Crippen molar-refractivity contribution in [2.45, 2.75) is 12.5 Å². The predicted octanol–water partition coefficient (Wildman–Crippen LogP) is 3.61. The number of amides is 1. The number of carboxylic acid groups (broad SMARTS) is 1. The summed E-state index contributed by atoms with van der Waals surface area (Å²) in [5.74, 6) is -4.86. The van der Waals surface area contributed by atoms with Crippen molar-refractivity contribution in [2.24, 2.45) is 7.05 Å². The second-order valence-electron chi connectivity index (χ2n) is 10.0. The summed E-state index contributed by atoms with van der Waals surface area (Å²) in [5.41, 5.74) is 0.0509. The molecule has 0 saturated heterocycles. The van der Waals surface area contributed by atoms with E-state index in [-0.39, 0.29) is 6.42 Å². The Labute approximate surface area is 237 Å². The highest BCUT2D eigenvalue weighted by molar-refractivity contribution is 5.98. The van der Waals surface area contributed by atoms with Crippen LogP contribution in [0.15, 0.2) is 82.4 Å². The van der Waals surface area contributed by atoms with Gasteiger partial charge in [0.15, 0.2) is 0 Å². The normalized spacial score (nSPS) is 11.9. The molecule has 214 valence electrons. The molecule has 9 nitrogen and oxygen atoms in total. The second-order valence-corrected chi connectivity index (χ2v) is 10.0. The van der Waals surface area contributed by atoms with Gasteiger partial charge in [0.2, 0.25) is 0 Å². The molecule has 2 N–H and O–H groups in total. The van der Waals surface area contributed by atoms with E-state index in [9.17, 15) is 33.1 Å². The minimum atomic E-state index is -1.54. The number of benzene rings is 4. The lowest BCUT2D eigenvalue weighted by Crippen LogP contribution is -2.43. The fraction of sp³-hybridized carbons (Fsp3) is 0.161. The Morgan fingerprint density at radius 3 is 2.21 bits per heavy atom. The third-order valence-electron chi connectivity index (χ3n) is 7.22. The highest BCUT2D eigenvalue weighted by atomic mass is 19.1. The number of halogens is 2. The maximum absolute atomic E-state index is 14.1. The fourth-order valence-corrected chi connectivity index (χ4v) is 5.04. The van der Waals surface area contributed by atoms with Crippen LogP contribution in [0.4, 0.5) is 14.5 Å². The minimum Gasteiger partial charge on any atom is -0.480 e. The number of nitrogens with one attached hydrogen (secondary N) is 1. The molecule has 0 unspecified atom stereocenters. The molecule has 1 aromatic heterocycles. The number of aromatic nitrogens is 2. The van der Waals surface area contributed by atoms with Crippen LogP contribution in [0.2, 0.25) is 0 Å². The van der Waals surface area contributed by atoms with Crippen LogP contribution in [0.5, 0.6) is 0 Å². The van der Waals surface area contributed by atoms with E-state index in [0.717, 1.165) is 28.5 Å². The van der Waals surface area contributed by atoms with Crippen LogP contribution in [0.3, 0.4) is 0 Å². The van der Waals surface area contributed by atoms with Crippen LogP contribution in [-0.2, 0) is 18.3 Å². The third-order valence-corrected chi connectivity index (χ3v) is 7.22. The molecule has 0 spiro atoms. The number of fused-ring (bicyclic) bond motifs is 2. The highest BCUT2D eigenvalue weighted by Crippen LogP contribution is 2.26. The molecule has 5 aromatic rings. The lowest BCUT2D eigenvalue weighted by Gasteiger charge is -2.18. The first-order valence-electron chi connectivity index (χ1n) is 12.9. The highest BCUT2D eigenvalue weighted by Gasteiger charge is 2.26. The second kappa shape index (κ2) is 10.9. The standard InChI is InChI=1S/C31H26F2N4O5/c1-35(2)18-13-14-25-21(16-18)29(39)37(31(42)36(25)3)26-12-5-8-19-17(7-4-9-20(19)26)15-24(30(40)41)34-28(38)27-22(32)10-6-11-23(27)33/h4-14,16,24H,15H2,1-3H3,(H,34,38)(H,40,41)/t24-/m0/s1.